The Bertz CT molecular complexity index is 463. The van der Waals surface area contributed by atoms with Crippen LogP contribution in [0.2, 0.25) is 0 Å². The van der Waals surface area contributed by atoms with E-state index >= 15 is 0 Å². The first-order chi connectivity index (χ1) is 8.32. The van der Waals surface area contributed by atoms with Crippen molar-refractivity contribution in [3.05, 3.63) is 39.9 Å². The summed E-state index contributed by atoms with van der Waals surface area (Å²) in [5, 5.41) is 21.0. The van der Waals surface area contributed by atoms with Crippen LogP contribution in [-0.2, 0) is 0 Å². The zero-order valence-electron chi connectivity index (χ0n) is 9.65. The van der Waals surface area contributed by atoms with Crippen LogP contribution >= 0.6 is 0 Å². The predicted molar refractivity (Wildman–Crippen MR) is 67.7 cm³/mol. The van der Waals surface area contributed by atoms with Gasteiger partial charge in [-0.1, -0.05) is 12.1 Å². The molecular weight excluding hydrogens is 240 g/mol. The molecule has 1 aromatic carbocycles. The van der Waals surface area contributed by atoms with Crippen LogP contribution in [0.15, 0.2) is 34.5 Å². The molecule has 1 rings (SSSR count). The number of nitrogens with zero attached hydrogens (tertiary/aromatic N) is 3. The number of nitrogens with two attached hydrogens (primary N) is 3. The second-order valence-electron chi connectivity index (χ2n) is 3.07. The van der Waals surface area contributed by atoms with Gasteiger partial charge in [-0.2, -0.15) is 5.10 Å². The minimum atomic E-state index is -1.50. The smallest absolute Gasteiger partial charge is 0.291 e. The lowest BCUT2D eigenvalue weighted by Crippen LogP contribution is -2.22. The highest BCUT2D eigenvalue weighted by Gasteiger charge is 1.96. The summed E-state index contributed by atoms with van der Waals surface area (Å²) in [6.07, 6.45) is 0. The quantitative estimate of drug-likeness (QED) is 0.189. The molecule has 9 nitrogen and oxygen atoms in total. The highest BCUT2D eigenvalue weighted by atomic mass is 16.9. The van der Waals surface area contributed by atoms with Gasteiger partial charge in [0.05, 0.1) is 5.71 Å². The van der Waals surface area contributed by atoms with Crippen LogP contribution in [0.25, 0.3) is 0 Å². The topological polar surface area (TPSA) is 166 Å². The van der Waals surface area contributed by atoms with Crippen molar-refractivity contribution >= 4 is 17.4 Å². The van der Waals surface area contributed by atoms with Crippen LogP contribution < -0.4 is 17.2 Å². The number of guanidine groups is 1. The Labute approximate surface area is 103 Å². The van der Waals surface area contributed by atoms with Crippen molar-refractivity contribution in [2.75, 3.05) is 5.73 Å². The van der Waals surface area contributed by atoms with Gasteiger partial charge in [0, 0.05) is 5.69 Å². The third-order valence-electron chi connectivity index (χ3n) is 1.62. The lowest BCUT2D eigenvalue weighted by atomic mass is 10.1. The maximum atomic E-state index is 8.36. The molecule has 0 saturated heterocycles. The summed E-state index contributed by atoms with van der Waals surface area (Å²) in [6, 6.07) is 7.34. The van der Waals surface area contributed by atoms with E-state index < -0.39 is 5.09 Å². The van der Waals surface area contributed by atoms with Crippen LogP contribution in [0.4, 0.5) is 5.69 Å². The van der Waals surface area contributed by atoms with Gasteiger partial charge in [0.2, 0.25) is 5.96 Å². The summed E-state index contributed by atoms with van der Waals surface area (Å²) >= 11 is 0. The molecule has 0 radical (unpaired) electrons. The Morgan fingerprint density at radius 2 is 1.94 bits per heavy atom. The second kappa shape index (κ2) is 7.44. The molecule has 18 heavy (non-hydrogen) atoms. The number of hydrogen-bond donors (Lipinski definition) is 4. The van der Waals surface area contributed by atoms with Crippen LogP contribution in [0, 0.1) is 10.1 Å². The van der Waals surface area contributed by atoms with Gasteiger partial charge in [0.15, 0.2) is 0 Å². The largest absolute Gasteiger partial charge is 0.399 e. The summed E-state index contributed by atoms with van der Waals surface area (Å²) in [6.45, 7) is 1.81. The first kappa shape index (κ1) is 15.2. The lowest BCUT2D eigenvalue weighted by Gasteiger charge is -1.99. The fraction of sp³-hybridized carbons (Fsp3) is 0.111. The van der Waals surface area contributed by atoms with E-state index in [1.165, 1.54) is 0 Å². The normalized spacial score (nSPS) is 9.94. The van der Waals surface area contributed by atoms with E-state index in [2.05, 4.69) is 10.2 Å². The van der Waals surface area contributed by atoms with E-state index in [0.29, 0.717) is 11.4 Å². The van der Waals surface area contributed by atoms with Crippen molar-refractivity contribution in [1.29, 1.82) is 0 Å². The highest BCUT2D eigenvalue weighted by Crippen LogP contribution is 2.07. The molecule has 0 atom stereocenters. The molecule has 0 saturated carbocycles. The lowest BCUT2D eigenvalue weighted by molar-refractivity contribution is -0.742. The predicted octanol–water partition coefficient (Wildman–Crippen LogP) is -0.0815. The van der Waals surface area contributed by atoms with Crippen molar-refractivity contribution in [3.8, 4) is 0 Å². The molecule has 0 aliphatic rings. The standard InChI is InChI=1S/C9H13N5.HNO3/c1-6(13-14-9(11)12)7-3-2-4-8(10)5-7;2-1(3)4/h2-5H,10H2,1H3,(H4,11,12,14);(H,2,3,4)/b13-6-;. The molecule has 0 fully saturated rings. The zero-order valence-corrected chi connectivity index (χ0v) is 9.65. The molecule has 9 heteroatoms. The number of hydrogen-bond acceptors (Lipinski definition) is 5. The summed E-state index contributed by atoms with van der Waals surface area (Å²) in [7, 11) is 0. The number of anilines is 1. The van der Waals surface area contributed by atoms with E-state index in [1.54, 1.807) is 19.1 Å². The van der Waals surface area contributed by atoms with Crippen LogP contribution in [0.3, 0.4) is 0 Å². The van der Waals surface area contributed by atoms with Crippen molar-refractivity contribution in [1.82, 2.24) is 0 Å². The van der Waals surface area contributed by atoms with Gasteiger partial charge in [-0.25, -0.2) is 0 Å². The first-order valence-corrected chi connectivity index (χ1v) is 4.65. The van der Waals surface area contributed by atoms with E-state index in [0.717, 1.165) is 5.56 Å². The summed E-state index contributed by atoms with van der Waals surface area (Å²) in [5.74, 6) is -0.0618. The SMILES string of the molecule is C/C(=N/N=C(N)N)c1cccc(N)c1.O=[N+]([O-])O. The molecule has 0 unspecified atom stereocenters. The van der Waals surface area contributed by atoms with Gasteiger partial charge in [-0.15, -0.1) is 15.2 Å². The maximum Gasteiger partial charge on any atom is 0.291 e. The third-order valence-corrected chi connectivity index (χ3v) is 1.62. The second-order valence-corrected chi connectivity index (χ2v) is 3.07. The molecule has 0 aromatic heterocycles. The Morgan fingerprint density at radius 3 is 2.39 bits per heavy atom. The molecule has 0 heterocycles. The maximum absolute atomic E-state index is 8.36. The van der Waals surface area contributed by atoms with Gasteiger partial charge in [0.1, 0.15) is 0 Å². The first-order valence-electron chi connectivity index (χ1n) is 4.65. The van der Waals surface area contributed by atoms with Crippen molar-refractivity contribution in [2.24, 2.45) is 21.7 Å². The monoisotopic (exact) mass is 254 g/mol. The van der Waals surface area contributed by atoms with Crippen molar-refractivity contribution < 1.29 is 10.3 Å². The number of benzene rings is 1. The molecule has 7 N–H and O–H groups in total. The molecule has 0 aliphatic heterocycles. The fourth-order valence-corrected chi connectivity index (χ4v) is 0.954. The fourth-order valence-electron chi connectivity index (χ4n) is 0.954. The molecule has 0 aliphatic carbocycles. The zero-order chi connectivity index (χ0) is 14.1. The van der Waals surface area contributed by atoms with Gasteiger partial charge in [-0.3, -0.25) is 0 Å². The molecular formula is C9H14N6O3. The summed E-state index contributed by atoms with van der Waals surface area (Å²) in [5.41, 5.74) is 18.2. The van der Waals surface area contributed by atoms with E-state index in [-0.39, 0.29) is 5.96 Å². The van der Waals surface area contributed by atoms with Crippen molar-refractivity contribution in [3.63, 3.8) is 0 Å². The van der Waals surface area contributed by atoms with Gasteiger partial charge < -0.3 is 22.4 Å². The minimum absolute atomic E-state index is 0.0618. The van der Waals surface area contributed by atoms with E-state index in [9.17, 15) is 0 Å². The molecule has 98 valence electrons. The van der Waals surface area contributed by atoms with Crippen molar-refractivity contribution in [2.45, 2.75) is 6.92 Å². The van der Waals surface area contributed by atoms with E-state index in [1.807, 2.05) is 12.1 Å². The average molecular weight is 254 g/mol. The van der Waals surface area contributed by atoms with Gasteiger partial charge >= 0.3 is 0 Å². The molecule has 0 bridgehead atoms. The Kier molecular flexibility index (Phi) is 6.26. The Balaban J connectivity index is 0.000000631. The van der Waals surface area contributed by atoms with Crippen LogP contribution in [0.1, 0.15) is 12.5 Å². The average Bonchev–Trinajstić information content (AvgIpc) is 2.25. The Hall–Kier alpha value is -2.84. The molecule has 1 aromatic rings. The summed E-state index contributed by atoms with van der Waals surface area (Å²) in [4.78, 5) is 8.36. The molecule has 0 amide bonds. The minimum Gasteiger partial charge on any atom is -0.399 e. The summed E-state index contributed by atoms with van der Waals surface area (Å²) < 4.78 is 0. The van der Waals surface area contributed by atoms with E-state index in [4.69, 9.17) is 32.5 Å². The van der Waals surface area contributed by atoms with Gasteiger partial charge in [0.25, 0.3) is 5.09 Å². The van der Waals surface area contributed by atoms with Gasteiger partial charge in [-0.05, 0) is 24.6 Å². The van der Waals surface area contributed by atoms with Crippen LogP contribution in [0.5, 0.6) is 0 Å². The number of nitrogen functional groups attached to an aromatic ring is 1. The third kappa shape index (κ3) is 7.45. The number of rotatable bonds is 2. The van der Waals surface area contributed by atoms with Crippen LogP contribution in [-0.4, -0.2) is 22.0 Å². The highest BCUT2D eigenvalue weighted by molar-refractivity contribution is 5.99. The molecule has 0 spiro atoms. The Morgan fingerprint density at radius 1 is 1.39 bits per heavy atom.